The Labute approximate surface area is 128 Å². The number of rotatable bonds is 7. The summed E-state index contributed by atoms with van der Waals surface area (Å²) in [6.45, 7) is 10.8. The highest BCUT2D eigenvalue weighted by atomic mass is 15.3. The van der Waals surface area contributed by atoms with Gasteiger partial charge in [-0.1, -0.05) is 51.1 Å². The molecule has 0 radical (unpaired) electrons. The Hall–Kier alpha value is -1.61. The minimum absolute atomic E-state index is 0.0750. The molecule has 1 heterocycles. The molecular formula is C18H27N3. The Morgan fingerprint density at radius 2 is 1.90 bits per heavy atom. The second kappa shape index (κ2) is 6.90. The van der Waals surface area contributed by atoms with Gasteiger partial charge in [-0.15, -0.1) is 0 Å². The molecule has 1 N–H and O–H groups in total. The number of nitrogens with one attached hydrogen (secondary N) is 1. The highest BCUT2D eigenvalue weighted by Crippen LogP contribution is 2.29. The Morgan fingerprint density at radius 3 is 2.48 bits per heavy atom. The van der Waals surface area contributed by atoms with Gasteiger partial charge in [-0.05, 0) is 31.0 Å². The maximum atomic E-state index is 4.39. The van der Waals surface area contributed by atoms with Crippen LogP contribution >= 0.6 is 0 Å². The minimum Gasteiger partial charge on any atom is -0.313 e. The topological polar surface area (TPSA) is 29.9 Å². The molecular weight excluding hydrogens is 258 g/mol. The lowest BCUT2D eigenvalue weighted by molar-refractivity contribution is 0.343. The number of benzene rings is 1. The first kappa shape index (κ1) is 15.8. The van der Waals surface area contributed by atoms with E-state index in [1.165, 1.54) is 11.1 Å². The third-order valence-corrected chi connectivity index (χ3v) is 4.29. The molecule has 3 heteroatoms. The van der Waals surface area contributed by atoms with Gasteiger partial charge in [0.15, 0.2) is 0 Å². The predicted molar refractivity (Wildman–Crippen MR) is 88.5 cm³/mol. The molecule has 0 aliphatic carbocycles. The molecule has 0 aliphatic heterocycles. The van der Waals surface area contributed by atoms with Crippen molar-refractivity contribution in [2.75, 3.05) is 6.54 Å². The van der Waals surface area contributed by atoms with E-state index in [1.54, 1.807) is 0 Å². The van der Waals surface area contributed by atoms with Crippen molar-refractivity contribution in [1.29, 1.82) is 0 Å². The molecule has 1 aromatic heterocycles. The lowest BCUT2D eigenvalue weighted by Gasteiger charge is -2.35. The number of aryl methyl sites for hydroxylation is 1. The fourth-order valence-electron chi connectivity index (χ4n) is 2.82. The molecule has 1 aromatic carbocycles. The van der Waals surface area contributed by atoms with Crippen LogP contribution in [0.25, 0.3) is 0 Å². The number of likely N-dealkylation sites (N-methyl/N-ethyl adjacent to an activating group) is 1. The Kier molecular flexibility index (Phi) is 5.18. The van der Waals surface area contributed by atoms with Gasteiger partial charge < -0.3 is 5.32 Å². The van der Waals surface area contributed by atoms with Crippen molar-refractivity contribution >= 4 is 0 Å². The van der Waals surface area contributed by atoms with Crippen molar-refractivity contribution in [3.63, 3.8) is 0 Å². The lowest BCUT2D eigenvalue weighted by Crippen LogP contribution is -2.46. The van der Waals surface area contributed by atoms with E-state index in [-0.39, 0.29) is 5.41 Å². The number of hydrogen-bond acceptors (Lipinski definition) is 2. The smallest absolute Gasteiger partial charge is 0.0522 e. The average Bonchev–Trinajstić information content (AvgIpc) is 2.95. The van der Waals surface area contributed by atoms with Gasteiger partial charge in [-0.25, -0.2) is 0 Å². The largest absolute Gasteiger partial charge is 0.313 e. The summed E-state index contributed by atoms with van der Waals surface area (Å²) >= 11 is 0. The van der Waals surface area contributed by atoms with Crippen molar-refractivity contribution in [1.82, 2.24) is 15.1 Å². The molecule has 0 spiro atoms. The molecule has 21 heavy (non-hydrogen) atoms. The molecule has 0 fully saturated rings. The number of aromatic nitrogens is 2. The first-order valence-electron chi connectivity index (χ1n) is 7.88. The zero-order chi connectivity index (χ0) is 15.3. The SMILES string of the molecule is CCNC(Cc1cnn(CC)c1)C(C)(C)c1ccccc1. The summed E-state index contributed by atoms with van der Waals surface area (Å²) in [5, 5.41) is 8.05. The van der Waals surface area contributed by atoms with Gasteiger partial charge in [-0.3, -0.25) is 4.68 Å². The maximum absolute atomic E-state index is 4.39. The summed E-state index contributed by atoms with van der Waals surface area (Å²) in [4.78, 5) is 0. The number of nitrogens with zero attached hydrogens (tertiary/aromatic N) is 2. The van der Waals surface area contributed by atoms with Crippen LogP contribution in [0.4, 0.5) is 0 Å². The molecule has 2 aromatic rings. The first-order valence-corrected chi connectivity index (χ1v) is 7.88. The van der Waals surface area contributed by atoms with E-state index in [0.29, 0.717) is 6.04 Å². The van der Waals surface area contributed by atoms with E-state index in [4.69, 9.17) is 0 Å². The Morgan fingerprint density at radius 1 is 1.19 bits per heavy atom. The van der Waals surface area contributed by atoms with E-state index < -0.39 is 0 Å². The van der Waals surface area contributed by atoms with Crippen LogP contribution in [0.1, 0.15) is 38.8 Å². The van der Waals surface area contributed by atoms with Gasteiger partial charge in [0.05, 0.1) is 6.20 Å². The molecule has 0 amide bonds. The van der Waals surface area contributed by atoms with Crippen molar-refractivity contribution in [3.8, 4) is 0 Å². The van der Waals surface area contributed by atoms with E-state index in [2.05, 4.69) is 74.6 Å². The van der Waals surface area contributed by atoms with Gasteiger partial charge in [-0.2, -0.15) is 5.10 Å². The van der Waals surface area contributed by atoms with Crippen LogP contribution in [-0.2, 0) is 18.4 Å². The van der Waals surface area contributed by atoms with Crippen LogP contribution < -0.4 is 5.32 Å². The zero-order valence-electron chi connectivity index (χ0n) is 13.6. The average molecular weight is 285 g/mol. The molecule has 1 unspecified atom stereocenters. The van der Waals surface area contributed by atoms with Crippen LogP contribution in [0.15, 0.2) is 42.7 Å². The standard InChI is InChI=1S/C18H27N3/c1-5-19-17(12-15-13-20-21(6-2)14-15)18(3,4)16-10-8-7-9-11-16/h7-11,13-14,17,19H,5-6,12H2,1-4H3. The summed E-state index contributed by atoms with van der Waals surface area (Å²) in [5.41, 5.74) is 2.75. The maximum Gasteiger partial charge on any atom is 0.0522 e. The molecule has 0 aliphatic rings. The minimum atomic E-state index is 0.0750. The van der Waals surface area contributed by atoms with Crippen molar-refractivity contribution in [2.24, 2.45) is 0 Å². The zero-order valence-corrected chi connectivity index (χ0v) is 13.6. The van der Waals surface area contributed by atoms with Gasteiger partial charge >= 0.3 is 0 Å². The fourth-order valence-corrected chi connectivity index (χ4v) is 2.82. The van der Waals surface area contributed by atoms with Crippen LogP contribution in [0, 0.1) is 0 Å². The second-order valence-corrected chi connectivity index (χ2v) is 6.11. The monoisotopic (exact) mass is 285 g/mol. The molecule has 2 rings (SSSR count). The van der Waals surface area contributed by atoms with Gasteiger partial charge in [0, 0.05) is 24.2 Å². The molecule has 0 bridgehead atoms. The van der Waals surface area contributed by atoms with Crippen molar-refractivity contribution < 1.29 is 0 Å². The molecule has 1 atom stereocenters. The summed E-state index contributed by atoms with van der Waals surface area (Å²) < 4.78 is 1.99. The molecule has 114 valence electrons. The van der Waals surface area contributed by atoms with E-state index >= 15 is 0 Å². The third kappa shape index (κ3) is 3.73. The van der Waals surface area contributed by atoms with Crippen LogP contribution in [-0.4, -0.2) is 22.4 Å². The molecule has 0 saturated heterocycles. The summed E-state index contributed by atoms with van der Waals surface area (Å²) in [6.07, 6.45) is 5.15. The van der Waals surface area contributed by atoms with Crippen molar-refractivity contribution in [3.05, 3.63) is 53.9 Å². The molecule has 3 nitrogen and oxygen atoms in total. The fraction of sp³-hybridized carbons (Fsp3) is 0.500. The Bertz CT molecular complexity index is 543. The summed E-state index contributed by atoms with van der Waals surface area (Å²) in [7, 11) is 0. The van der Waals surface area contributed by atoms with Crippen LogP contribution in [0.3, 0.4) is 0 Å². The van der Waals surface area contributed by atoms with E-state index in [0.717, 1.165) is 19.5 Å². The highest BCUT2D eigenvalue weighted by molar-refractivity contribution is 5.27. The van der Waals surface area contributed by atoms with Crippen LogP contribution in [0.5, 0.6) is 0 Å². The first-order chi connectivity index (χ1) is 10.1. The Balaban J connectivity index is 2.21. The lowest BCUT2D eigenvalue weighted by atomic mass is 9.75. The number of hydrogen-bond donors (Lipinski definition) is 1. The van der Waals surface area contributed by atoms with Gasteiger partial charge in [0.25, 0.3) is 0 Å². The van der Waals surface area contributed by atoms with Gasteiger partial charge in [0.1, 0.15) is 0 Å². The van der Waals surface area contributed by atoms with E-state index in [1.807, 2.05) is 10.9 Å². The molecule has 0 saturated carbocycles. The van der Waals surface area contributed by atoms with Gasteiger partial charge in [0.2, 0.25) is 0 Å². The summed E-state index contributed by atoms with van der Waals surface area (Å²) in [5.74, 6) is 0. The van der Waals surface area contributed by atoms with Crippen LogP contribution in [0.2, 0.25) is 0 Å². The quantitative estimate of drug-likeness (QED) is 0.845. The highest BCUT2D eigenvalue weighted by Gasteiger charge is 2.30. The summed E-state index contributed by atoms with van der Waals surface area (Å²) in [6, 6.07) is 11.1. The normalized spacial score (nSPS) is 13.3. The predicted octanol–water partition coefficient (Wildman–Crippen LogP) is 3.40. The second-order valence-electron chi connectivity index (χ2n) is 6.11. The third-order valence-electron chi connectivity index (χ3n) is 4.29. The van der Waals surface area contributed by atoms with E-state index in [9.17, 15) is 0 Å². The van der Waals surface area contributed by atoms with Crippen molar-refractivity contribution in [2.45, 2.75) is 52.1 Å².